The van der Waals surface area contributed by atoms with E-state index in [0.29, 0.717) is 55.2 Å². The van der Waals surface area contributed by atoms with Gasteiger partial charge < -0.3 is 26.0 Å². The number of alkyl halides is 1. The van der Waals surface area contributed by atoms with Crippen molar-refractivity contribution >= 4 is 23.3 Å². The number of aryl methyl sites for hydroxylation is 1. The summed E-state index contributed by atoms with van der Waals surface area (Å²) in [5.74, 6) is -0.162. The fraction of sp³-hybridized carbons (Fsp3) is 0.440. The molecule has 8 heteroatoms. The molecule has 1 unspecified atom stereocenters. The summed E-state index contributed by atoms with van der Waals surface area (Å²) in [5.41, 5.74) is 7.47. The van der Waals surface area contributed by atoms with Crippen LogP contribution in [-0.2, 0) is 16.8 Å². The van der Waals surface area contributed by atoms with Crippen LogP contribution in [0.3, 0.4) is 0 Å². The molecule has 0 bridgehead atoms. The highest BCUT2D eigenvalue weighted by Gasteiger charge is 2.37. The van der Waals surface area contributed by atoms with E-state index in [0.717, 1.165) is 12.0 Å². The molecule has 2 aliphatic rings. The molecule has 2 fully saturated rings. The van der Waals surface area contributed by atoms with E-state index in [2.05, 4.69) is 10.6 Å². The first kappa shape index (κ1) is 23.0. The Kier molecular flexibility index (Phi) is 6.83. The maximum atomic E-state index is 15.5. The summed E-state index contributed by atoms with van der Waals surface area (Å²) in [6.07, 6.45) is 1.96. The third kappa shape index (κ3) is 5.27. The van der Waals surface area contributed by atoms with Crippen LogP contribution >= 0.6 is 0 Å². The molecule has 2 aromatic rings. The number of carbonyl (C=O) groups excluding carboxylic acids is 2. The summed E-state index contributed by atoms with van der Waals surface area (Å²) in [4.78, 5) is 27.3. The summed E-state index contributed by atoms with van der Waals surface area (Å²) < 4.78 is 20.8. The van der Waals surface area contributed by atoms with Gasteiger partial charge in [0.1, 0.15) is 5.67 Å². The number of rotatable bonds is 5. The van der Waals surface area contributed by atoms with Crippen molar-refractivity contribution in [1.82, 2.24) is 10.2 Å². The second kappa shape index (κ2) is 9.79. The van der Waals surface area contributed by atoms with Crippen molar-refractivity contribution in [2.24, 2.45) is 0 Å². The van der Waals surface area contributed by atoms with Gasteiger partial charge in [0, 0.05) is 49.5 Å². The predicted octanol–water partition coefficient (Wildman–Crippen LogP) is 3.84. The number of nitrogens with one attached hydrogen (secondary N) is 2. The molecule has 2 heterocycles. The van der Waals surface area contributed by atoms with Crippen LogP contribution in [0.15, 0.2) is 42.5 Å². The average molecular weight is 455 g/mol. The normalized spacial score (nSPS) is 19.8. The number of benzene rings is 2. The van der Waals surface area contributed by atoms with Crippen LogP contribution in [0.25, 0.3) is 0 Å². The van der Waals surface area contributed by atoms with Gasteiger partial charge in [0.2, 0.25) is 0 Å². The SMILES string of the molecule is CCc1ccc(C(=O)N2CCC(F)(c3ccc(N)cc3)CC2)cc1NC(=O)NC1CCOC1. The largest absolute Gasteiger partial charge is 0.399 e. The van der Waals surface area contributed by atoms with E-state index < -0.39 is 5.67 Å². The molecular weight excluding hydrogens is 423 g/mol. The minimum Gasteiger partial charge on any atom is -0.399 e. The zero-order valence-electron chi connectivity index (χ0n) is 18.9. The highest BCUT2D eigenvalue weighted by molar-refractivity contribution is 5.97. The van der Waals surface area contributed by atoms with Gasteiger partial charge >= 0.3 is 6.03 Å². The van der Waals surface area contributed by atoms with Crippen LogP contribution < -0.4 is 16.4 Å². The maximum absolute atomic E-state index is 15.5. The molecule has 7 nitrogen and oxygen atoms in total. The summed E-state index contributed by atoms with van der Waals surface area (Å²) >= 11 is 0. The van der Waals surface area contributed by atoms with Gasteiger partial charge in [0.05, 0.1) is 12.6 Å². The summed E-state index contributed by atoms with van der Waals surface area (Å²) in [7, 11) is 0. The van der Waals surface area contributed by atoms with Crippen molar-refractivity contribution in [3.8, 4) is 0 Å². The van der Waals surface area contributed by atoms with Crippen molar-refractivity contribution in [3.63, 3.8) is 0 Å². The van der Waals surface area contributed by atoms with Gasteiger partial charge in [0.15, 0.2) is 0 Å². The molecule has 0 aromatic heterocycles. The standard InChI is InChI=1S/C25H31FN4O3/c1-2-17-3-4-18(15-22(17)29-24(32)28-21-9-14-33-16-21)23(31)30-12-10-25(26,11-13-30)19-5-7-20(27)8-6-19/h3-8,15,21H,2,9-14,16,27H2,1H3,(H2,28,29,32). The Morgan fingerprint density at radius 2 is 1.91 bits per heavy atom. The first-order chi connectivity index (χ1) is 15.9. The molecule has 1 atom stereocenters. The van der Waals surface area contributed by atoms with Gasteiger partial charge in [-0.05, 0) is 48.2 Å². The van der Waals surface area contributed by atoms with Crippen LogP contribution in [0.4, 0.5) is 20.6 Å². The number of halogens is 1. The second-order valence-electron chi connectivity index (χ2n) is 8.76. The summed E-state index contributed by atoms with van der Waals surface area (Å²) in [6, 6.07) is 11.9. The van der Waals surface area contributed by atoms with Gasteiger partial charge in [-0.1, -0.05) is 25.1 Å². The van der Waals surface area contributed by atoms with Crippen LogP contribution in [0.1, 0.15) is 47.7 Å². The summed E-state index contributed by atoms with van der Waals surface area (Å²) in [6.45, 7) is 3.78. The van der Waals surface area contributed by atoms with E-state index in [1.165, 1.54) is 0 Å². The van der Waals surface area contributed by atoms with Crippen molar-refractivity contribution in [3.05, 3.63) is 59.2 Å². The van der Waals surface area contributed by atoms with E-state index in [-0.39, 0.29) is 30.8 Å². The number of nitrogens with two attached hydrogens (primary N) is 1. The van der Waals surface area contributed by atoms with Gasteiger partial charge in [-0.2, -0.15) is 0 Å². The third-order valence-corrected chi connectivity index (χ3v) is 6.52. The van der Waals surface area contributed by atoms with E-state index in [4.69, 9.17) is 10.5 Å². The Morgan fingerprint density at radius 1 is 1.18 bits per heavy atom. The number of ether oxygens (including phenoxy) is 1. The minimum atomic E-state index is -1.47. The highest BCUT2D eigenvalue weighted by Crippen LogP contribution is 2.37. The first-order valence-electron chi connectivity index (χ1n) is 11.5. The number of nitrogens with zero attached hydrogens (tertiary/aromatic N) is 1. The number of nitrogen functional groups attached to an aromatic ring is 1. The fourth-order valence-electron chi connectivity index (χ4n) is 4.44. The van der Waals surface area contributed by atoms with Crippen molar-refractivity contribution in [2.45, 2.75) is 44.3 Å². The lowest BCUT2D eigenvalue weighted by atomic mass is 9.86. The number of urea groups is 1. The topological polar surface area (TPSA) is 96.7 Å². The highest BCUT2D eigenvalue weighted by atomic mass is 19.1. The lowest BCUT2D eigenvalue weighted by Gasteiger charge is -2.37. The third-order valence-electron chi connectivity index (χ3n) is 6.52. The molecule has 33 heavy (non-hydrogen) atoms. The molecule has 176 valence electrons. The Balaban J connectivity index is 1.42. The molecule has 0 aliphatic carbocycles. The Hall–Kier alpha value is -3.13. The monoisotopic (exact) mass is 454 g/mol. The molecule has 2 saturated heterocycles. The number of piperidine rings is 1. The molecule has 0 saturated carbocycles. The molecular formula is C25H31FN4O3. The second-order valence-corrected chi connectivity index (χ2v) is 8.76. The molecule has 3 amide bonds. The van der Waals surface area contributed by atoms with Gasteiger partial charge in [0.25, 0.3) is 5.91 Å². The molecule has 4 rings (SSSR count). The predicted molar refractivity (Wildman–Crippen MR) is 126 cm³/mol. The average Bonchev–Trinajstić information content (AvgIpc) is 3.32. The Bertz CT molecular complexity index is 997. The zero-order valence-corrected chi connectivity index (χ0v) is 18.9. The van der Waals surface area contributed by atoms with E-state index >= 15 is 4.39 Å². The van der Waals surface area contributed by atoms with Crippen LogP contribution in [0.2, 0.25) is 0 Å². The quantitative estimate of drug-likeness (QED) is 0.598. The van der Waals surface area contributed by atoms with E-state index in [1.807, 2.05) is 13.0 Å². The van der Waals surface area contributed by atoms with Crippen molar-refractivity contribution < 1.29 is 18.7 Å². The van der Waals surface area contributed by atoms with Crippen LogP contribution in [0.5, 0.6) is 0 Å². The zero-order chi connectivity index (χ0) is 23.4. The number of carbonyl (C=O) groups is 2. The Morgan fingerprint density at radius 3 is 2.55 bits per heavy atom. The fourth-order valence-corrected chi connectivity index (χ4v) is 4.44. The lowest BCUT2D eigenvalue weighted by molar-refractivity contribution is 0.0421. The molecule has 4 N–H and O–H groups in total. The molecule has 0 radical (unpaired) electrons. The molecule has 0 spiro atoms. The number of likely N-dealkylation sites (tertiary alicyclic amines) is 1. The lowest BCUT2D eigenvalue weighted by Crippen LogP contribution is -2.43. The molecule has 2 aliphatic heterocycles. The Labute approximate surface area is 193 Å². The number of hydrogen-bond donors (Lipinski definition) is 3. The number of anilines is 2. The maximum Gasteiger partial charge on any atom is 0.319 e. The van der Waals surface area contributed by atoms with Gasteiger partial charge in [-0.3, -0.25) is 4.79 Å². The smallest absolute Gasteiger partial charge is 0.319 e. The minimum absolute atomic E-state index is 0.00439. The van der Waals surface area contributed by atoms with Crippen molar-refractivity contribution in [2.75, 3.05) is 37.4 Å². The van der Waals surface area contributed by atoms with Gasteiger partial charge in [-0.15, -0.1) is 0 Å². The van der Waals surface area contributed by atoms with Gasteiger partial charge in [-0.25, -0.2) is 9.18 Å². The number of amides is 3. The summed E-state index contributed by atoms with van der Waals surface area (Å²) in [5, 5.41) is 5.78. The van der Waals surface area contributed by atoms with E-state index in [9.17, 15) is 9.59 Å². The molecule has 2 aromatic carbocycles. The van der Waals surface area contributed by atoms with Crippen LogP contribution in [0, 0.1) is 0 Å². The van der Waals surface area contributed by atoms with Crippen LogP contribution in [-0.4, -0.2) is 49.2 Å². The first-order valence-corrected chi connectivity index (χ1v) is 11.5. The van der Waals surface area contributed by atoms with E-state index in [1.54, 1.807) is 41.3 Å². The van der Waals surface area contributed by atoms with Crippen molar-refractivity contribution in [1.29, 1.82) is 0 Å². The number of hydrogen-bond acceptors (Lipinski definition) is 4.